The molecule has 6 aromatic rings. The molecule has 12 nitrogen and oxygen atoms in total. The van der Waals surface area contributed by atoms with Crippen LogP contribution in [0.1, 0.15) is 64.5 Å². The van der Waals surface area contributed by atoms with Crippen molar-refractivity contribution in [2.45, 2.75) is 77.3 Å². The molecule has 2 atom stereocenters. The third kappa shape index (κ3) is 7.06. The van der Waals surface area contributed by atoms with E-state index in [0.717, 1.165) is 12.8 Å². The Bertz CT molecular complexity index is 2400. The van der Waals surface area contributed by atoms with Gasteiger partial charge in [0.05, 0.1) is 45.0 Å². The molecule has 2 aliphatic rings. The maximum absolute atomic E-state index is 14.5. The van der Waals surface area contributed by atoms with Crippen LogP contribution in [0.4, 0.5) is 8.78 Å². The number of amides is 2. The van der Waals surface area contributed by atoms with Crippen LogP contribution in [0.25, 0.3) is 44.3 Å². The number of carbonyl (C=O) groups is 2. The van der Waals surface area contributed by atoms with Gasteiger partial charge in [-0.15, -0.1) is 13.2 Å². The van der Waals surface area contributed by atoms with Crippen LogP contribution in [0, 0.1) is 11.6 Å². The van der Waals surface area contributed by atoms with E-state index in [1.165, 1.54) is 24.5 Å². The number of H-pyrrole nitrogens is 2. The number of pyridine rings is 2. The first-order valence-electron chi connectivity index (χ1n) is 18.7. The van der Waals surface area contributed by atoms with Crippen LogP contribution < -0.4 is 21.8 Å². The van der Waals surface area contributed by atoms with Crippen molar-refractivity contribution < 1.29 is 18.4 Å². The summed E-state index contributed by atoms with van der Waals surface area (Å²) in [7, 11) is 0. The number of aryl methyl sites for hydroxylation is 2. The van der Waals surface area contributed by atoms with Gasteiger partial charge in [-0.3, -0.25) is 28.5 Å². The van der Waals surface area contributed by atoms with Crippen LogP contribution in [0.3, 0.4) is 0 Å². The Balaban J connectivity index is 0.000000182. The van der Waals surface area contributed by atoms with E-state index in [4.69, 9.17) is 0 Å². The second-order valence-electron chi connectivity index (χ2n) is 14.3. The first kappa shape index (κ1) is 39.5. The summed E-state index contributed by atoms with van der Waals surface area (Å²) >= 11 is 0. The van der Waals surface area contributed by atoms with Crippen LogP contribution in [0.5, 0.6) is 0 Å². The molecule has 0 unspecified atom stereocenters. The maximum atomic E-state index is 14.5. The van der Waals surface area contributed by atoms with Gasteiger partial charge in [0.15, 0.2) is 0 Å². The number of hydrogen-bond donors (Lipinski definition) is 4. The molecule has 2 aliphatic heterocycles. The largest absolute Gasteiger partial charge is 0.355 e. The van der Waals surface area contributed by atoms with Gasteiger partial charge in [0.1, 0.15) is 11.6 Å². The lowest BCUT2D eigenvalue weighted by molar-refractivity contribution is -0.128. The molecule has 2 saturated heterocycles. The standard InChI is InChI=1S/2C20H21FN4O2.C2H4/c2*1-3-25-17-10-12(9-15(21)13(17)11-23-25)16-6-5-14(18(26)24-16)20(2)7-4-8-22-19(20)27;1-2/h2*5-6,9-11H,3-4,7-8H2,1-2H3,(H,22,27)(H,24,26);1-2H2/t2*20-;/m11./s1. The quantitative estimate of drug-likeness (QED) is 0.147. The van der Waals surface area contributed by atoms with Gasteiger partial charge in [0.2, 0.25) is 11.8 Å². The predicted octanol–water partition coefficient (Wildman–Crippen LogP) is 6.24. The molecular formula is C42H46F2N8O4. The minimum Gasteiger partial charge on any atom is -0.355 e. The summed E-state index contributed by atoms with van der Waals surface area (Å²) in [5.74, 6) is -1.03. The number of hydrogen-bond acceptors (Lipinski definition) is 6. The highest BCUT2D eigenvalue weighted by Gasteiger charge is 2.40. The molecule has 2 amide bonds. The Kier molecular flexibility index (Phi) is 11.2. The van der Waals surface area contributed by atoms with Crippen molar-refractivity contribution in [2.24, 2.45) is 0 Å². The first-order chi connectivity index (χ1) is 26.9. The zero-order valence-corrected chi connectivity index (χ0v) is 32.0. The summed E-state index contributed by atoms with van der Waals surface area (Å²) < 4.78 is 32.4. The second-order valence-corrected chi connectivity index (χ2v) is 14.3. The van der Waals surface area contributed by atoms with Crippen molar-refractivity contribution in [3.63, 3.8) is 0 Å². The van der Waals surface area contributed by atoms with Crippen LogP contribution in [-0.2, 0) is 33.5 Å². The summed E-state index contributed by atoms with van der Waals surface area (Å²) in [6, 6.07) is 13.2. The van der Waals surface area contributed by atoms with E-state index in [9.17, 15) is 28.0 Å². The molecule has 0 saturated carbocycles. The molecule has 2 aromatic carbocycles. The average molecular weight is 765 g/mol. The van der Waals surface area contributed by atoms with Gasteiger partial charge in [-0.1, -0.05) is 12.1 Å². The zero-order chi connectivity index (χ0) is 40.4. The van der Waals surface area contributed by atoms with E-state index >= 15 is 0 Å². The number of nitrogens with one attached hydrogen (secondary N) is 4. The highest BCUT2D eigenvalue weighted by Crippen LogP contribution is 2.33. The van der Waals surface area contributed by atoms with Crippen molar-refractivity contribution in [1.29, 1.82) is 0 Å². The lowest BCUT2D eigenvalue weighted by Gasteiger charge is -2.32. The lowest BCUT2D eigenvalue weighted by atomic mass is 9.76. The number of fused-ring (bicyclic) bond motifs is 2. The topological polar surface area (TPSA) is 160 Å². The minimum atomic E-state index is -0.847. The molecule has 2 fully saturated rings. The van der Waals surface area contributed by atoms with Crippen molar-refractivity contribution in [1.82, 2.24) is 40.2 Å². The molecule has 0 aliphatic carbocycles. The van der Waals surface area contributed by atoms with Crippen molar-refractivity contribution in [2.75, 3.05) is 13.1 Å². The van der Waals surface area contributed by atoms with Crippen molar-refractivity contribution in [3.05, 3.63) is 118 Å². The highest BCUT2D eigenvalue weighted by molar-refractivity contribution is 5.90. The fourth-order valence-corrected chi connectivity index (χ4v) is 7.66. The van der Waals surface area contributed by atoms with Crippen LogP contribution in [0.2, 0.25) is 0 Å². The maximum Gasteiger partial charge on any atom is 0.252 e. The SMILES string of the molecule is C=C.CCn1ncc2c(F)cc(-c3ccc([C@@]4(C)CCCNC4=O)c(=O)[nH]3)cc21.CCn1ncc2c(F)cc(-c3ccc([C@@]4(C)CCCNC4=O)c(=O)[nH]3)cc21. The second kappa shape index (κ2) is 15.9. The third-order valence-corrected chi connectivity index (χ3v) is 10.9. The average Bonchev–Trinajstić information content (AvgIpc) is 3.83. The van der Waals surface area contributed by atoms with Gasteiger partial charge >= 0.3 is 0 Å². The fourth-order valence-electron chi connectivity index (χ4n) is 7.66. The minimum absolute atomic E-state index is 0.133. The Morgan fingerprint density at radius 2 is 1.05 bits per heavy atom. The van der Waals surface area contributed by atoms with E-state index in [1.54, 1.807) is 47.5 Å². The lowest BCUT2D eigenvalue weighted by Crippen LogP contribution is -2.49. The number of nitrogens with zero attached hydrogens (tertiary/aromatic N) is 4. The summed E-state index contributed by atoms with van der Waals surface area (Å²) in [5.41, 5.74) is 2.03. The van der Waals surface area contributed by atoms with Crippen LogP contribution >= 0.6 is 0 Å². The number of aromatic amines is 2. The number of halogens is 2. The molecule has 292 valence electrons. The summed E-state index contributed by atoms with van der Waals surface area (Å²) in [4.78, 5) is 55.8. The van der Waals surface area contributed by atoms with E-state index in [2.05, 4.69) is 44.0 Å². The molecule has 0 spiro atoms. The molecule has 6 heterocycles. The first-order valence-corrected chi connectivity index (χ1v) is 18.7. The normalized spacial score (nSPS) is 19.4. The molecule has 0 bridgehead atoms. The predicted molar refractivity (Wildman–Crippen MR) is 213 cm³/mol. The number of aromatic nitrogens is 6. The Labute approximate surface area is 322 Å². The van der Waals surface area contributed by atoms with Crippen LogP contribution in [-0.4, -0.2) is 54.4 Å². The molecule has 14 heteroatoms. The molecule has 56 heavy (non-hydrogen) atoms. The van der Waals surface area contributed by atoms with E-state index in [1.807, 2.05) is 26.0 Å². The third-order valence-electron chi connectivity index (χ3n) is 10.9. The van der Waals surface area contributed by atoms with E-state index in [-0.39, 0.29) is 34.6 Å². The number of carbonyl (C=O) groups excluding carboxylic acids is 2. The monoisotopic (exact) mass is 764 g/mol. The van der Waals surface area contributed by atoms with Crippen molar-refractivity contribution in [3.8, 4) is 22.5 Å². The Hall–Kier alpha value is -6.18. The molecular weight excluding hydrogens is 719 g/mol. The van der Waals surface area contributed by atoms with Gasteiger partial charge in [-0.25, -0.2) is 8.78 Å². The number of benzene rings is 2. The van der Waals surface area contributed by atoms with Gasteiger partial charge in [-0.2, -0.15) is 10.2 Å². The van der Waals surface area contributed by atoms with Gasteiger partial charge in [-0.05, 0) is 89.8 Å². The zero-order valence-electron chi connectivity index (χ0n) is 32.0. The summed E-state index contributed by atoms with van der Waals surface area (Å²) in [6.07, 6.45) is 5.91. The molecule has 0 radical (unpaired) electrons. The molecule has 4 aromatic heterocycles. The Morgan fingerprint density at radius 3 is 1.39 bits per heavy atom. The van der Waals surface area contributed by atoms with Gasteiger partial charge < -0.3 is 20.6 Å². The van der Waals surface area contributed by atoms with Gasteiger partial charge in [0.25, 0.3) is 11.1 Å². The van der Waals surface area contributed by atoms with E-state index in [0.29, 0.717) is 94.5 Å². The number of rotatable bonds is 6. The molecule has 8 rings (SSSR count). The fraction of sp³-hybridized carbons (Fsp3) is 0.333. The van der Waals surface area contributed by atoms with Crippen molar-refractivity contribution >= 4 is 33.6 Å². The highest BCUT2D eigenvalue weighted by atomic mass is 19.1. The summed E-state index contributed by atoms with van der Waals surface area (Å²) in [6.45, 7) is 16.0. The Morgan fingerprint density at radius 1 is 0.661 bits per heavy atom. The van der Waals surface area contributed by atoms with E-state index < -0.39 is 10.8 Å². The molecule has 4 N–H and O–H groups in total. The van der Waals surface area contributed by atoms with Crippen LogP contribution in [0.15, 0.2) is 83.7 Å². The van der Waals surface area contributed by atoms with Gasteiger partial charge in [0, 0.05) is 59.8 Å². The summed E-state index contributed by atoms with van der Waals surface area (Å²) in [5, 5.41) is 14.9. The number of piperidine rings is 2. The smallest absolute Gasteiger partial charge is 0.252 e.